The molecule has 3 unspecified atom stereocenters. The van der Waals surface area contributed by atoms with Gasteiger partial charge in [0.25, 0.3) is 0 Å². The van der Waals surface area contributed by atoms with Crippen LogP contribution in [-0.4, -0.2) is 30.8 Å². The van der Waals surface area contributed by atoms with Crippen molar-refractivity contribution in [3.8, 4) is 0 Å². The standard InChI is InChI=1S/C32H43ClO5/c1-21(6-7-22(2)25-10-14-32(15-11-25)12-5-13-32)16-27-17-26(8-9-30(27)33)31-19-28(37-24(4)35)18-29(38-31)20-36-23(3)34/h6-9,17,25,28-29,31H,5,10-16,18-20H2,1-4H3/b21-6+,22-7+. The number of esters is 2. The van der Waals surface area contributed by atoms with Gasteiger partial charge in [0.1, 0.15) is 12.7 Å². The third-order valence-electron chi connectivity index (χ3n) is 8.81. The Bertz CT molecular complexity index is 1060. The molecule has 3 fully saturated rings. The molecular formula is C32H43ClO5. The molecule has 0 N–H and O–H groups in total. The first-order valence-corrected chi connectivity index (χ1v) is 14.6. The highest BCUT2D eigenvalue weighted by molar-refractivity contribution is 6.31. The van der Waals surface area contributed by atoms with Gasteiger partial charge in [-0.1, -0.05) is 53.5 Å². The summed E-state index contributed by atoms with van der Waals surface area (Å²) in [7, 11) is 0. The molecule has 1 saturated heterocycles. The van der Waals surface area contributed by atoms with Crippen LogP contribution in [0.4, 0.5) is 0 Å². The topological polar surface area (TPSA) is 61.8 Å². The van der Waals surface area contributed by atoms with Gasteiger partial charge >= 0.3 is 11.9 Å². The number of benzene rings is 1. The van der Waals surface area contributed by atoms with Crippen LogP contribution < -0.4 is 0 Å². The highest BCUT2D eigenvalue weighted by Gasteiger charge is 2.40. The summed E-state index contributed by atoms with van der Waals surface area (Å²) in [6.45, 7) is 7.37. The van der Waals surface area contributed by atoms with E-state index < -0.39 is 0 Å². The summed E-state index contributed by atoms with van der Waals surface area (Å²) in [5.74, 6) is 0.0372. The summed E-state index contributed by atoms with van der Waals surface area (Å²) in [5.41, 5.74) is 5.48. The molecule has 1 aromatic rings. The molecular weight excluding hydrogens is 500 g/mol. The molecule has 1 aromatic carbocycles. The summed E-state index contributed by atoms with van der Waals surface area (Å²) in [5, 5.41) is 0.726. The average molecular weight is 543 g/mol. The number of halogens is 1. The smallest absolute Gasteiger partial charge is 0.302 e. The van der Waals surface area contributed by atoms with Crippen LogP contribution in [0.25, 0.3) is 0 Å². The van der Waals surface area contributed by atoms with E-state index in [0.29, 0.717) is 24.2 Å². The summed E-state index contributed by atoms with van der Waals surface area (Å²) in [4.78, 5) is 22.9. The first-order valence-electron chi connectivity index (χ1n) is 14.2. The van der Waals surface area contributed by atoms with Crippen LogP contribution in [0.1, 0.15) is 103 Å². The Balaban J connectivity index is 1.41. The molecule has 1 heterocycles. The van der Waals surface area contributed by atoms with Gasteiger partial charge in [0.05, 0.1) is 12.2 Å². The molecule has 208 valence electrons. The zero-order valence-electron chi connectivity index (χ0n) is 23.4. The lowest BCUT2D eigenvalue weighted by molar-refractivity contribution is -0.169. The van der Waals surface area contributed by atoms with Crippen LogP contribution in [-0.2, 0) is 30.2 Å². The maximum absolute atomic E-state index is 11.6. The number of hydrogen-bond donors (Lipinski definition) is 0. The monoisotopic (exact) mass is 542 g/mol. The zero-order chi connectivity index (χ0) is 27.3. The van der Waals surface area contributed by atoms with Crippen molar-refractivity contribution in [2.75, 3.05) is 6.61 Å². The van der Waals surface area contributed by atoms with Crippen molar-refractivity contribution in [3.63, 3.8) is 0 Å². The fourth-order valence-electron chi connectivity index (χ4n) is 6.40. The summed E-state index contributed by atoms with van der Waals surface area (Å²) >= 11 is 6.61. The van der Waals surface area contributed by atoms with Crippen LogP contribution in [0.2, 0.25) is 5.02 Å². The predicted octanol–water partition coefficient (Wildman–Crippen LogP) is 7.85. The van der Waals surface area contributed by atoms with Gasteiger partial charge in [-0.2, -0.15) is 0 Å². The van der Waals surface area contributed by atoms with Gasteiger partial charge in [-0.3, -0.25) is 9.59 Å². The van der Waals surface area contributed by atoms with Gasteiger partial charge in [-0.15, -0.1) is 0 Å². The van der Waals surface area contributed by atoms with Crippen LogP contribution in [0.15, 0.2) is 41.5 Å². The van der Waals surface area contributed by atoms with E-state index in [1.165, 1.54) is 69.9 Å². The minimum absolute atomic E-state index is 0.138. The van der Waals surface area contributed by atoms with E-state index in [1.807, 2.05) is 12.1 Å². The van der Waals surface area contributed by atoms with Crippen LogP contribution >= 0.6 is 11.6 Å². The lowest BCUT2D eigenvalue weighted by atomic mass is 9.58. The Morgan fingerprint density at radius 3 is 2.39 bits per heavy atom. The van der Waals surface area contributed by atoms with Crippen molar-refractivity contribution in [1.29, 1.82) is 0 Å². The Morgan fingerprint density at radius 2 is 1.76 bits per heavy atom. The fraction of sp³-hybridized carbons (Fsp3) is 0.625. The molecule has 4 rings (SSSR count). The number of allylic oxidation sites excluding steroid dienone is 4. The van der Waals surface area contributed by atoms with Crippen LogP contribution in [0.5, 0.6) is 0 Å². The largest absolute Gasteiger partial charge is 0.463 e. The van der Waals surface area contributed by atoms with Gasteiger partial charge in [-0.05, 0) is 87.3 Å². The first kappa shape index (κ1) is 28.9. The lowest BCUT2D eigenvalue weighted by Crippen LogP contribution is -2.36. The minimum atomic E-state index is -0.356. The normalized spacial score (nSPS) is 26.1. The molecule has 0 bridgehead atoms. The van der Waals surface area contributed by atoms with Gasteiger partial charge in [0.2, 0.25) is 0 Å². The van der Waals surface area contributed by atoms with Crippen molar-refractivity contribution in [2.24, 2.45) is 11.3 Å². The van der Waals surface area contributed by atoms with Gasteiger partial charge in [0, 0.05) is 31.7 Å². The predicted molar refractivity (Wildman–Crippen MR) is 150 cm³/mol. The Labute approximate surface area is 232 Å². The third-order valence-corrected chi connectivity index (χ3v) is 9.18. The fourth-order valence-corrected chi connectivity index (χ4v) is 6.58. The molecule has 2 aliphatic carbocycles. The second kappa shape index (κ2) is 12.8. The molecule has 5 nitrogen and oxygen atoms in total. The molecule has 0 aromatic heterocycles. The van der Waals surface area contributed by atoms with Crippen molar-refractivity contribution < 1.29 is 23.8 Å². The molecule has 3 aliphatic rings. The van der Waals surface area contributed by atoms with E-state index in [2.05, 4.69) is 32.1 Å². The van der Waals surface area contributed by atoms with Crippen molar-refractivity contribution in [1.82, 2.24) is 0 Å². The first-order chi connectivity index (χ1) is 18.1. The van der Waals surface area contributed by atoms with Crippen molar-refractivity contribution in [3.05, 3.63) is 57.6 Å². The number of rotatable bonds is 8. The van der Waals surface area contributed by atoms with Crippen LogP contribution in [0, 0.1) is 11.3 Å². The summed E-state index contributed by atoms with van der Waals surface area (Å²) in [6.07, 6.45) is 15.2. The van der Waals surface area contributed by atoms with Gasteiger partial charge < -0.3 is 14.2 Å². The molecule has 0 radical (unpaired) electrons. The average Bonchev–Trinajstić information content (AvgIpc) is 2.86. The molecule has 6 heteroatoms. The number of carbonyl (C=O) groups excluding carboxylic acids is 2. The summed E-state index contributed by atoms with van der Waals surface area (Å²) in [6, 6.07) is 5.98. The van der Waals surface area contributed by atoms with E-state index in [-0.39, 0.29) is 36.9 Å². The Morgan fingerprint density at radius 1 is 1.03 bits per heavy atom. The van der Waals surface area contributed by atoms with E-state index in [4.69, 9.17) is 25.8 Å². The zero-order valence-corrected chi connectivity index (χ0v) is 24.1. The molecule has 2 saturated carbocycles. The van der Waals surface area contributed by atoms with E-state index in [9.17, 15) is 9.59 Å². The van der Waals surface area contributed by atoms with E-state index in [0.717, 1.165) is 22.6 Å². The maximum Gasteiger partial charge on any atom is 0.302 e. The summed E-state index contributed by atoms with van der Waals surface area (Å²) < 4.78 is 17.0. The molecule has 1 spiro atoms. The van der Waals surface area contributed by atoms with Crippen molar-refractivity contribution >= 4 is 23.5 Å². The van der Waals surface area contributed by atoms with Crippen LogP contribution in [0.3, 0.4) is 0 Å². The quantitative estimate of drug-likeness (QED) is 0.247. The second-order valence-corrected chi connectivity index (χ2v) is 12.2. The SMILES string of the molecule is CC(=O)OCC1CC(OC(C)=O)CC(c2ccc(Cl)c(C/C(C)=C/C=C(\C)C3CCC4(CCC4)CC3)c2)O1. The number of carbonyl (C=O) groups is 2. The Kier molecular flexibility index (Phi) is 9.75. The highest BCUT2D eigenvalue weighted by Crippen LogP contribution is 2.53. The number of ether oxygens (including phenoxy) is 3. The van der Waals surface area contributed by atoms with Crippen molar-refractivity contribution in [2.45, 2.75) is 110 Å². The lowest BCUT2D eigenvalue weighted by Gasteiger charge is -2.47. The van der Waals surface area contributed by atoms with Gasteiger partial charge in [-0.25, -0.2) is 0 Å². The molecule has 0 amide bonds. The molecule has 1 aliphatic heterocycles. The highest BCUT2D eigenvalue weighted by atomic mass is 35.5. The Hall–Kier alpha value is -2.11. The van der Waals surface area contributed by atoms with E-state index >= 15 is 0 Å². The third kappa shape index (κ3) is 7.72. The maximum atomic E-state index is 11.6. The molecule has 38 heavy (non-hydrogen) atoms. The number of hydrogen-bond acceptors (Lipinski definition) is 5. The van der Waals surface area contributed by atoms with E-state index in [1.54, 1.807) is 0 Å². The molecule has 3 atom stereocenters. The van der Waals surface area contributed by atoms with Gasteiger partial charge in [0.15, 0.2) is 0 Å². The second-order valence-electron chi connectivity index (χ2n) is 11.8. The minimum Gasteiger partial charge on any atom is -0.463 e.